The summed E-state index contributed by atoms with van der Waals surface area (Å²) in [5.41, 5.74) is 14.3. The van der Waals surface area contributed by atoms with Crippen LogP contribution in [-0.2, 0) is 0 Å². The van der Waals surface area contributed by atoms with Crippen LogP contribution >= 0.6 is 11.3 Å². The molecular weight excluding hydrogens is 807 g/mol. The van der Waals surface area contributed by atoms with Gasteiger partial charge in [0.05, 0.1) is 0 Å². The standard InChI is InChI=1S/C61H39N3S/c1-3-15-42(16-4-1)47-19-7-11-24-55(47)60-62-59(63-61(64-60)56-25-12-8-20-48(56)43-17-5-2-6-18-43)45-33-29-41(30-34-45)40-27-31-44(32-28-40)49-37-38-50(52-22-10-9-21-51(49)52)46-35-36-54-53-23-13-14-26-57(53)65-58(54)39-46/h1-39H. The fourth-order valence-corrected chi connectivity index (χ4v) is 10.3. The van der Waals surface area contributed by atoms with Crippen molar-refractivity contribution in [2.45, 2.75) is 0 Å². The normalized spacial score (nSPS) is 11.4. The Hall–Kier alpha value is -8.31. The SMILES string of the molecule is c1ccc(-c2ccccc2-c2nc(-c3ccc(-c4ccc(-c5ccc(-c6ccc7c(c6)sc6ccccc67)c6ccccc56)cc4)cc3)nc(-c3ccccc3-c3ccccc3)n2)cc1. The highest BCUT2D eigenvalue weighted by atomic mass is 32.1. The van der Waals surface area contributed by atoms with E-state index in [0.717, 1.165) is 50.1 Å². The van der Waals surface area contributed by atoms with Crippen LogP contribution in [0.25, 0.3) is 121 Å². The van der Waals surface area contributed by atoms with E-state index in [1.807, 2.05) is 35.6 Å². The van der Waals surface area contributed by atoms with Gasteiger partial charge in [-0.25, -0.2) is 15.0 Å². The maximum Gasteiger partial charge on any atom is 0.164 e. The van der Waals surface area contributed by atoms with E-state index in [-0.39, 0.29) is 0 Å². The van der Waals surface area contributed by atoms with Crippen molar-refractivity contribution in [2.24, 2.45) is 0 Å². The van der Waals surface area contributed by atoms with Crippen molar-refractivity contribution in [3.05, 3.63) is 237 Å². The van der Waals surface area contributed by atoms with Crippen LogP contribution in [0.15, 0.2) is 237 Å². The zero-order valence-electron chi connectivity index (χ0n) is 35.3. The second-order valence-corrected chi connectivity index (χ2v) is 17.4. The number of fused-ring (bicyclic) bond motifs is 4. The van der Waals surface area contributed by atoms with Crippen LogP contribution in [0.1, 0.15) is 0 Å². The Morgan fingerprint density at radius 2 is 0.600 bits per heavy atom. The number of nitrogens with zero attached hydrogens (tertiary/aromatic N) is 3. The van der Waals surface area contributed by atoms with Gasteiger partial charge in [-0.05, 0) is 78.5 Å². The molecule has 2 heterocycles. The summed E-state index contributed by atoms with van der Waals surface area (Å²) in [5.74, 6) is 1.88. The smallest absolute Gasteiger partial charge is 0.164 e. The molecule has 0 saturated carbocycles. The van der Waals surface area contributed by atoms with Crippen LogP contribution in [0.2, 0.25) is 0 Å². The fraction of sp³-hybridized carbons (Fsp3) is 0. The van der Waals surface area contributed by atoms with Crippen LogP contribution in [0, 0.1) is 0 Å². The van der Waals surface area contributed by atoms with Gasteiger partial charge in [0.2, 0.25) is 0 Å². The Labute approximate surface area is 381 Å². The molecule has 4 heteroatoms. The van der Waals surface area contributed by atoms with Gasteiger partial charge in [0, 0.05) is 36.9 Å². The quantitative estimate of drug-likeness (QED) is 0.153. The summed E-state index contributed by atoms with van der Waals surface area (Å²) in [6.07, 6.45) is 0. The molecule has 0 spiro atoms. The molecule has 0 saturated heterocycles. The molecule has 3 nitrogen and oxygen atoms in total. The molecule has 12 rings (SSSR count). The number of aromatic nitrogens is 3. The molecule has 0 aliphatic heterocycles. The third kappa shape index (κ3) is 7.16. The first-order valence-corrected chi connectivity index (χ1v) is 22.7. The monoisotopic (exact) mass is 845 g/mol. The van der Waals surface area contributed by atoms with Crippen LogP contribution in [0.3, 0.4) is 0 Å². The van der Waals surface area contributed by atoms with Gasteiger partial charge in [-0.1, -0.05) is 224 Å². The van der Waals surface area contributed by atoms with E-state index >= 15 is 0 Å². The van der Waals surface area contributed by atoms with Gasteiger partial charge < -0.3 is 0 Å². The highest BCUT2D eigenvalue weighted by Gasteiger charge is 2.18. The summed E-state index contributed by atoms with van der Waals surface area (Å²) in [5, 5.41) is 5.14. The minimum Gasteiger partial charge on any atom is -0.208 e. The molecule has 2 aromatic heterocycles. The third-order valence-corrected chi connectivity index (χ3v) is 13.6. The van der Waals surface area contributed by atoms with Crippen molar-refractivity contribution >= 4 is 42.3 Å². The first-order valence-electron chi connectivity index (χ1n) is 21.9. The summed E-state index contributed by atoms with van der Waals surface area (Å²) in [6.45, 7) is 0. The van der Waals surface area contributed by atoms with Crippen molar-refractivity contribution in [3.63, 3.8) is 0 Å². The first kappa shape index (κ1) is 38.4. The van der Waals surface area contributed by atoms with Gasteiger partial charge in [-0.2, -0.15) is 0 Å². The number of benzene rings is 10. The van der Waals surface area contributed by atoms with Gasteiger partial charge in [0.1, 0.15) is 0 Å². The Morgan fingerprint density at radius 1 is 0.215 bits per heavy atom. The number of rotatable bonds is 8. The molecular formula is C61H39N3S. The number of hydrogen-bond acceptors (Lipinski definition) is 4. The molecule has 0 atom stereocenters. The van der Waals surface area contributed by atoms with Crippen molar-refractivity contribution in [2.75, 3.05) is 0 Å². The topological polar surface area (TPSA) is 38.7 Å². The summed E-state index contributed by atoms with van der Waals surface area (Å²) >= 11 is 1.86. The second kappa shape index (κ2) is 16.4. The summed E-state index contributed by atoms with van der Waals surface area (Å²) < 4.78 is 2.64. The van der Waals surface area contributed by atoms with Crippen molar-refractivity contribution in [1.82, 2.24) is 15.0 Å². The molecule has 0 bridgehead atoms. The van der Waals surface area contributed by atoms with Gasteiger partial charge in [0.25, 0.3) is 0 Å². The zero-order valence-corrected chi connectivity index (χ0v) is 36.1. The molecule has 12 aromatic rings. The molecule has 0 fully saturated rings. The fourth-order valence-electron chi connectivity index (χ4n) is 9.19. The Morgan fingerprint density at radius 3 is 1.17 bits per heavy atom. The Kier molecular flexibility index (Phi) is 9.70. The summed E-state index contributed by atoms with van der Waals surface area (Å²) in [7, 11) is 0. The molecule has 304 valence electrons. The van der Waals surface area contributed by atoms with Crippen LogP contribution in [0.4, 0.5) is 0 Å². The minimum atomic E-state index is 0.622. The second-order valence-electron chi connectivity index (χ2n) is 16.3. The van der Waals surface area contributed by atoms with Crippen LogP contribution < -0.4 is 0 Å². The van der Waals surface area contributed by atoms with E-state index < -0.39 is 0 Å². The van der Waals surface area contributed by atoms with E-state index in [2.05, 4.69) is 212 Å². The molecule has 0 amide bonds. The predicted octanol–water partition coefficient (Wildman–Crippen LogP) is 16.7. The number of hydrogen-bond donors (Lipinski definition) is 0. The molecule has 10 aromatic carbocycles. The molecule has 0 aliphatic rings. The largest absolute Gasteiger partial charge is 0.208 e. The van der Waals surface area contributed by atoms with Crippen molar-refractivity contribution in [3.8, 4) is 89.8 Å². The maximum absolute atomic E-state index is 5.21. The average Bonchev–Trinajstić information content (AvgIpc) is 3.77. The maximum atomic E-state index is 5.21. The molecule has 0 N–H and O–H groups in total. The van der Waals surface area contributed by atoms with E-state index in [0.29, 0.717) is 17.5 Å². The van der Waals surface area contributed by atoms with Crippen LogP contribution in [0.5, 0.6) is 0 Å². The molecule has 0 aliphatic carbocycles. The lowest BCUT2D eigenvalue weighted by Gasteiger charge is -2.14. The van der Waals surface area contributed by atoms with Gasteiger partial charge in [0.15, 0.2) is 17.5 Å². The van der Waals surface area contributed by atoms with E-state index in [1.165, 1.54) is 53.2 Å². The molecule has 65 heavy (non-hydrogen) atoms. The van der Waals surface area contributed by atoms with Gasteiger partial charge in [-0.3, -0.25) is 0 Å². The van der Waals surface area contributed by atoms with Gasteiger partial charge >= 0.3 is 0 Å². The minimum absolute atomic E-state index is 0.622. The Bertz CT molecular complexity index is 3590. The molecule has 0 unspecified atom stereocenters. The third-order valence-electron chi connectivity index (χ3n) is 12.4. The summed E-state index contributed by atoms with van der Waals surface area (Å²) in [6, 6.07) is 84.1. The Balaban J connectivity index is 0.888. The highest BCUT2D eigenvalue weighted by Crippen LogP contribution is 2.41. The summed E-state index contributed by atoms with van der Waals surface area (Å²) in [4.78, 5) is 15.6. The highest BCUT2D eigenvalue weighted by molar-refractivity contribution is 7.25. The van der Waals surface area contributed by atoms with E-state index in [1.54, 1.807) is 0 Å². The van der Waals surface area contributed by atoms with Crippen molar-refractivity contribution in [1.29, 1.82) is 0 Å². The van der Waals surface area contributed by atoms with Crippen molar-refractivity contribution < 1.29 is 0 Å². The van der Waals surface area contributed by atoms with E-state index in [9.17, 15) is 0 Å². The number of thiophene rings is 1. The lowest BCUT2D eigenvalue weighted by Crippen LogP contribution is -2.02. The van der Waals surface area contributed by atoms with Crippen LogP contribution in [-0.4, -0.2) is 15.0 Å². The zero-order chi connectivity index (χ0) is 43.1. The lowest BCUT2D eigenvalue weighted by molar-refractivity contribution is 1.07. The molecule has 0 radical (unpaired) electrons. The van der Waals surface area contributed by atoms with Gasteiger partial charge in [-0.15, -0.1) is 11.3 Å². The first-order chi connectivity index (χ1) is 32.2. The predicted molar refractivity (Wildman–Crippen MR) is 274 cm³/mol. The average molecular weight is 846 g/mol. The van der Waals surface area contributed by atoms with E-state index in [4.69, 9.17) is 15.0 Å². The lowest BCUT2D eigenvalue weighted by atomic mass is 9.91.